The molecule has 28 heavy (non-hydrogen) atoms. The van der Waals surface area contributed by atoms with Gasteiger partial charge in [-0.25, -0.2) is 13.2 Å². The van der Waals surface area contributed by atoms with E-state index in [9.17, 15) is 22.8 Å². The van der Waals surface area contributed by atoms with Crippen molar-refractivity contribution in [3.8, 4) is 0 Å². The first-order valence-electron chi connectivity index (χ1n) is 8.40. The first-order chi connectivity index (χ1) is 13.3. The van der Waals surface area contributed by atoms with Gasteiger partial charge in [-0.3, -0.25) is 14.5 Å². The number of ether oxygens (including phenoxy) is 3. The molecule has 0 saturated carbocycles. The van der Waals surface area contributed by atoms with Gasteiger partial charge < -0.3 is 14.2 Å². The smallest absolute Gasteiger partial charge is 0.355 e. The molecule has 3 rings (SSSR count). The van der Waals surface area contributed by atoms with Crippen LogP contribution in [0.2, 0.25) is 0 Å². The first kappa shape index (κ1) is 20.0. The van der Waals surface area contributed by atoms with Crippen LogP contribution in [-0.2, 0) is 45.0 Å². The zero-order chi connectivity index (χ0) is 20.5. The zero-order valence-corrected chi connectivity index (χ0v) is 16.1. The lowest BCUT2D eigenvalue weighted by molar-refractivity contribution is -0.164. The quantitative estimate of drug-likeness (QED) is 0.482. The van der Waals surface area contributed by atoms with Crippen LogP contribution in [-0.4, -0.2) is 62.1 Å². The third-order valence-corrected chi connectivity index (χ3v) is 6.37. The number of benzene rings is 1. The Bertz CT molecular complexity index is 938. The number of esters is 2. The van der Waals surface area contributed by atoms with Crippen LogP contribution >= 0.6 is 0 Å². The molecule has 2 heterocycles. The van der Waals surface area contributed by atoms with Crippen molar-refractivity contribution in [1.29, 1.82) is 0 Å². The van der Waals surface area contributed by atoms with Gasteiger partial charge in [0.15, 0.2) is 21.3 Å². The highest BCUT2D eigenvalue weighted by molar-refractivity contribution is 7.92. The minimum Gasteiger partial charge on any atom is -0.461 e. The largest absolute Gasteiger partial charge is 0.461 e. The van der Waals surface area contributed by atoms with Crippen molar-refractivity contribution in [2.75, 3.05) is 19.5 Å². The van der Waals surface area contributed by atoms with Gasteiger partial charge in [0, 0.05) is 19.6 Å². The molecule has 2 aliphatic rings. The molecule has 1 aromatic carbocycles. The van der Waals surface area contributed by atoms with Crippen LogP contribution in [0.4, 0.5) is 0 Å². The summed E-state index contributed by atoms with van der Waals surface area (Å²) in [6.07, 6.45) is -1.18. The van der Waals surface area contributed by atoms with Gasteiger partial charge in [0.2, 0.25) is 0 Å². The molecule has 9 nitrogen and oxygen atoms in total. The standard InChI is InChI=1S/C18H19NO8S/c1-11(20)26-9-13-10-28(23,24)17-15(25-2)16(21)19(17)14(13)18(22)27-8-12-6-4-3-5-7-12/h3-7,15,17H,8-10H2,1-2H3/t15-,17?/m0/s1. The molecular formula is C18H19NO8S. The molecule has 1 fully saturated rings. The summed E-state index contributed by atoms with van der Waals surface area (Å²) in [5.74, 6) is -2.71. The van der Waals surface area contributed by atoms with E-state index < -0.39 is 51.5 Å². The minimum atomic E-state index is -3.83. The topological polar surface area (TPSA) is 116 Å². The molecule has 150 valence electrons. The van der Waals surface area contributed by atoms with Crippen molar-refractivity contribution in [3.05, 3.63) is 47.2 Å². The number of methoxy groups -OCH3 is 1. The molecule has 0 bridgehead atoms. The van der Waals surface area contributed by atoms with Gasteiger partial charge in [-0.05, 0) is 5.56 Å². The molecular weight excluding hydrogens is 390 g/mol. The normalized spacial score (nSPS) is 22.9. The maximum absolute atomic E-state index is 12.7. The molecule has 0 aromatic heterocycles. The maximum atomic E-state index is 12.7. The Kier molecular flexibility index (Phi) is 5.52. The molecule has 1 aromatic rings. The Morgan fingerprint density at radius 3 is 2.43 bits per heavy atom. The van der Waals surface area contributed by atoms with Crippen LogP contribution in [0, 0.1) is 0 Å². The van der Waals surface area contributed by atoms with Gasteiger partial charge in [-0.1, -0.05) is 30.3 Å². The lowest BCUT2D eigenvalue weighted by atomic mass is 10.1. The highest BCUT2D eigenvalue weighted by Gasteiger charge is 2.60. The van der Waals surface area contributed by atoms with E-state index in [1.54, 1.807) is 24.3 Å². The summed E-state index contributed by atoms with van der Waals surface area (Å²) >= 11 is 0. The molecule has 0 radical (unpaired) electrons. The predicted molar refractivity (Wildman–Crippen MR) is 95.1 cm³/mol. The number of fused-ring (bicyclic) bond motifs is 1. The van der Waals surface area contributed by atoms with Gasteiger partial charge in [0.05, 0.1) is 5.75 Å². The highest BCUT2D eigenvalue weighted by atomic mass is 32.2. The summed E-state index contributed by atoms with van der Waals surface area (Å²) in [4.78, 5) is 37.1. The Morgan fingerprint density at radius 2 is 1.82 bits per heavy atom. The Labute approximate surface area is 161 Å². The van der Waals surface area contributed by atoms with Crippen molar-refractivity contribution in [2.45, 2.75) is 25.0 Å². The number of hydrogen-bond donors (Lipinski definition) is 0. The van der Waals surface area contributed by atoms with E-state index in [2.05, 4.69) is 0 Å². The summed E-state index contributed by atoms with van der Waals surface area (Å²) in [6.45, 7) is 0.666. The average molecular weight is 409 g/mol. The number of amides is 1. The molecule has 1 unspecified atom stereocenters. The van der Waals surface area contributed by atoms with Crippen molar-refractivity contribution in [3.63, 3.8) is 0 Å². The van der Waals surface area contributed by atoms with Crippen LogP contribution in [0.1, 0.15) is 12.5 Å². The average Bonchev–Trinajstić information content (AvgIpc) is 2.65. The maximum Gasteiger partial charge on any atom is 0.355 e. The highest BCUT2D eigenvalue weighted by Crippen LogP contribution is 2.38. The number of rotatable bonds is 6. The van der Waals surface area contributed by atoms with Crippen molar-refractivity contribution >= 4 is 27.7 Å². The molecule has 0 N–H and O–H groups in total. The Hall–Kier alpha value is -2.72. The Morgan fingerprint density at radius 1 is 1.14 bits per heavy atom. The fraction of sp³-hybridized carbons (Fsp3) is 0.389. The molecule has 2 aliphatic heterocycles. The van der Waals surface area contributed by atoms with E-state index in [1.807, 2.05) is 6.07 Å². The third-order valence-electron chi connectivity index (χ3n) is 4.42. The van der Waals surface area contributed by atoms with E-state index in [4.69, 9.17) is 14.2 Å². The van der Waals surface area contributed by atoms with Gasteiger partial charge in [0.25, 0.3) is 5.91 Å². The van der Waals surface area contributed by atoms with Crippen LogP contribution < -0.4 is 0 Å². The molecule has 1 saturated heterocycles. The van der Waals surface area contributed by atoms with E-state index in [0.29, 0.717) is 0 Å². The van der Waals surface area contributed by atoms with E-state index in [-0.39, 0.29) is 17.9 Å². The van der Waals surface area contributed by atoms with E-state index in [1.165, 1.54) is 7.11 Å². The molecule has 0 spiro atoms. The molecule has 10 heteroatoms. The third kappa shape index (κ3) is 3.65. The summed E-state index contributed by atoms with van der Waals surface area (Å²) in [6, 6.07) is 8.88. The minimum absolute atomic E-state index is 0.00702. The molecule has 0 aliphatic carbocycles. The van der Waals surface area contributed by atoms with Crippen LogP contribution in [0.25, 0.3) is 0 Å². The van der Waals surface area contributed by atoms with Gasteiger partial charge in [-0.2, -0.15) is 0 Å². The van der Waals surface area contributed by atoms with E-state index >= 15 is 0 Å². The number of nitrogens with zero attached hydrogens (tertiary/aromatic N) is 1. The summed E-state index contributed by atoms with van der Waals surface area (Å²) in [7, 11) is -2.60. The fourth-order valence-corrected chi connectivity index (χ4v) is 5.15. The second-order valence-corrected chi connectivity index (χ2v) is 8.45. The van der Waals surface area contributed by atoms with Crippen molar-refractivity contribution in [2.24, 2.45) is 0 Å². The van der Waals surface area contributed by atoms with Gasteiger partial charge >= 0.3 is 11.9 Å². The Balaban J connectivity index is 1.92. The fourth-order valence-electron chi connectivity index (χ4n) is 3.14. The second-order valence-electron chi connectivity index (χ2n) is 6.36. The lowest BCUT2D eigenvalue weighted by Crippen LogP contribution is -2.70. The predicted octanol–water partition coefficient (Wildman–Crippen LogP) is 0.159. The van der Waals surface area contributed by atoms with Gasteiger partial charge in [-0.15, -0.1) is 0 Å². The number of β-lactam (4-membered cyclic amide) rings is 1. The van der Waals surface area contributed by atoms with Crippen LogP contribution in [0.5, 0.6) is 0 Å². The second kappa shape index (κ2) is 7.72. The van der Waals surface area contributed by atoms with Crippen molar-refractivity contribution < 1.29 is 37.0 Å². The number of hydrogen-bond acceptors (Lipinski definition) is 8. The summed E-state index contributed by atoms with van der Waals surface area (Å²) in [5.41, 5.74) is 0.505. The SMILES string of the molecule is CO[C@H]1C(=O)N2C(C(=O)OCc3ccccc3)=C(COC(C)=O)CS(=O)(=O)C12. The number of sulfone groups is 1. The summed E-state index contributed by atoms with van der Waals surface area (Å²) < 4.78 is 40.2. The first-order valence-corrected chi connectivity index (χ1v) is 10.1. The number of carbonyl (C=O) groups excluding carboxylic acids is 3. The monoisotopic (exact) mass is 409 g/mol. The molecule has 2 atom stereocenters. The van der Waals surface area contributed by atoms with Crippen molar-refractivity contribution in [1.82, 2.24) is 4.90 Å². The van der Waals surface area contributed by atoms with Crippen LogP contribution in [0.15, 0.2) is 41.6 Å². The zero-order valence-electron chi connectivity index (χ0n) is 15.3. The molecule has 1 amide bonds. The van der Waals surface area contributed by atoms with E-state index in [0.717, 1.165) is 17.4 Å². The summed E-state index contributed by atoms with van der Waals surface area (Å²) in [5, 5.41) is -1.30. The number of carbonyl (C=O) groups is 3. The van der Waals surface area contributed by atoms with Gasteiger partial charge in [0.1, 0.15) is 18.9 Å². The van der Waals surface area contributed by atoms with Crippen LogP contribution in [0.3, 0.4) is 0 Å². The lowest BCUT2D eigenvalue weighted by Gasteiger charge is -2.48.